The summed E-state index contributed by atoms with van der Waals surface area (Å²) in [4.78, 5) is 28.5. The first-order valence-electron chi connectivity index (χ1n) is 13.8. The highest BCUT2D eigenvalue weighted by Crippen LogP contribution is 2.54. The molecule has 2 amide bonds. The number of fused-ring (bicyclic) bond motifs is 1. The van der Waals surface area contributed by atoms with Crippen LogP contribution in [0, 0.1) is 5.92 Å². The molecule has 1 saturated carbocycles. The van der Waals surface area contributed by atoms with E-state index < -0.39 is 6.10 Å². The van der Waals surface area contributed by atoms with Crippen molar-refractivity contribution in [2.45, 2.75) is 70.1 Å². The Morgan fingerprint density at radius 3 is 2.54 bits per heavy atom. The second-order valence-corrected chi connectivity index (χ2v) is 10.9. The van der Waals surface area contributed by atoms with Crippen LogP contribution in [0.1, 0.15) is 71.4 Å². The van der Waals surface area contributed by atoms with Gasteiger partial charge in [-0.2, -0.15) is 0 Å². The number of aliphatic hydroxyl groups is 1. The highest BCUT2D eigenvalue weighted by Gasteiger charge is 2.57. The molecule has 0 bridgehead atoms. The van der Waals surface area contributed by atoms with Crippen molar-refractivity contribution in [2.75, 3.05) is 26.2 Å². The van der Waals surface area contributed by atoms with Gasteiger partial charge >= 0.3 is 0 Å². The molecule has 2 aromatic carbocycles. The molecule has 1 saturated heterocycles. The lowest BCUT2D eigenvalue weighted by Gasteiger charge is -2.37. The smallest absolute Gasteiger partial charge is 0.255 e. The predicted octanol–water partition coefficient (Wildman–Crippen LogP) is 3.34. The van der Waals surface area contributed by atoms with Crippen LogP contribution in [0.4, 0.5) is 0 Å². The molecule has 1 spiro atoms. The van der Waals surface area contributed by atoms with Crippen molar-refractivity contribution in [3.63, 3.8) is 0 Å². The summed E-state index contributed by atoms with van der Waals surface area (Å²) >= 11 is 0. The summed E-state index contributed by atoms with van der Waals surface area (Å²) in [6, 6.07) is 13.8. The third kappa shape index (κ3) is 5.39. The van der Waals surface area contributed by atoms with Gasteiger partial charge in [-0.15, -0.1) is 0 Å². The molecule has 2 fully saturated rings. The van der Waals surface area contributed by atoms with Gasteiger partial charge in [0.15, 0.2) is 0 Å². The Morgan fingerprint density at radius 1 is 1.14 bits per heavy atom. The van der Waals surface area contributed by atoms with E-state index >= 15 is 0 Å². The number of likely N-dealkylation sites (tertiary alicyclic amines) is 1. The van der Waals surface area contributed by atoms with Crippen LogP contribution in [0.15, 0.2) is 42.5 Å². The maximum atomic E-state index is 13.4. The number of benzene rings is 2. The molecule has 2 aliphatic carbocycles. The zero-order chi connectivity index (χ0) is 26.0. The van der Waals surface area contributed by atoms with E-state index in [1.54, 1.807) is 18.2 Å². The van der Waals surface area contributed by atoms with Crippen molar-refractivity contribution in [1.29, 1.82) is 0 Å². The number of hydrogen-bond donors (Lipinski definition) is 3. The molecule has 3 aliphatic rings. The van der Waals surface area contributed by atoms with Crippen molar-refractivity contribution in [1.82, 2.24) is 15.5 Å². The quantitative estimate of drug-likeness (QED) is 0.486. The number of nitrogens with one attached hydrogen (secondary N) is 2. The maximum absolute atomic E-state index is 13.4. The van der Waals surface area contributed by atoms with Crippen LogP contribution in [0.5, 0.6) is 5.75 Å². The zero-order valence-corrected chi connectivity index (χ0v) is 22.0. The molecule has 7 heteroatoms. The van der Waals surface area contributed by atoms with Gasteiger partial charge in [0.2, 0.25) is 0 Å². The van der Waals surface area contributed by atoms with Gasteiger partial charge in [-0.3, -0.25) is 9.59 Å². The normalized spacial score (nSPS) is 23.5. The number of hydrogen-bond acceptors (Lipinski definition) is 5. The fourth-order valence-corrected chi connectivity index (χ4v) is 6.22. The number of carbonyl (C=O) groups excluding carboxylic acids is 2. The molecular formula is C30H39N3O4. The number of aliphatic hydroxyl groups excluding tert-OH is 1. The second kappa shape index (κ2) is 10.8. The van der Waals surface area contributed by atoms with Crippen molar-refractivity contribution < 1.29 is 19.4 Å². The Balaban J connectivity index is 1.17. The molecule has 3 N–H and O–H groups in total. The zero-order valence-electron chi connectivity index (χ0n) is 22.0. The van der Waals surface area contributed by atoms with Gasteiger partial charge in [0.25, 0.3) is 11.8 Å². The molecule has 5 rings (SSSR count). The average molecular weight is 506 g/mol. The summed E-state index contributed by atoms with van der Waals surface area (Å²) in [7, 11) is 0. The summed E-state index contributed by atoms with van der Waals surface area (Å²) in [5.74, 6) is 0.641. The van der Waals surface area contributed by atoms with E-state index in [-0.39, 0.29) is 23.9 Å². The molecule has 0 unspecified atom stereocenters. The molecular weight excluding hydrogens is 466 g/mol. The molecule has 37 heavy (non-hydrogen) atoms. The van der Waals surface area contributed by atoms with Crippen LogP contribution < -0.4 is 15.4 Å². The Kier molecular flexibility index (Phi) is 7.54. The summed E-state index contributed by atoms with van der Waals surface area (Å²) in [5, 5.41) is 16.7. The summed E-state index contributed by atoms with van der Waals surface area (Å²) in [6.45, 7) is 5.79. The molecule has 0 radical (unpaired) electrons. The number of rotatable bonds is 9. The minimum Gasteiger partial charge on any atom is -0.493 e. The molecule has 0 aromatic heterocycles. The number of piperidine rings is 1. The van der Waals surface area contributed by atoms with Gasteiger partial charge < -0.3 is 25.4 Å². The van der Waals surface area contributed by atoms with E-state index in [1.807, 2.05) is 6.92 Å². The van der Waals surface area contributed by atoms with Gasteiger partial charge in [-0.1, -0.05) is 31.2 Å². The summed E-state index contributed by atoms with van der Waals surface area (Å²) < 4.78 is 5.77. The topological polar surface area (TPSA) is 90.9 Å². The molecule has 2 aromatic rings. The lowest BCUT2D eigenvalue weighted by atomic mass is 9.96. The van der Waals surface area contributed by atoms with E-state index in [9.17, 15) is 14.7 Å². The van der Waals surface area contributed by atoms with Crippen LogP contribution in [-0.4, -0.2) is 65.7 Å². The van der Waals surface area contributed by atoms with Gasteiger partial charge in [0.1, 0.15) is 5.75 Å². The van der Waals surface area contributed by atoms with Crippen LogP contribution in [0.2, 0.25) is 0 Å². The maximum Gasteiger partial charge on any atom is 0.255 e. The third-order valence-electron chi connectivity index (χ3n) is 8.41. The minimum absolute atomic E-state index is 0.0165. The van der Waals surface area contributed by atoms with E-state index in [2.05, 4.69) is 46.7 Å². The van der Waals surface area contributed by atoms with Crippen LogP contribution in [-0.2, 0) is 12.8 Å². The highest BCUT2D eigenvalue weighted by atomic mass is 16.5. The lowest BCUT2D eigenvalue weighted by Crippen LogP contribution is -2.46. The van der Waals surface area contributed by atoms with Gasteiger partial charge in [0, 0.05) is 36.8 Å². The number of ether oxygens (including phenoxy) is 1. The number of carbonyl (C=O) groups is 2. The Hall–Kier alpha value is -2.90. The molecule has 1 aliphatic heterocycles. The van der Waals surface area contributed by atoms with Crippen molar-refractivity contribution >= 4 is 11.8 Å². The highest BCUT2D eigenvalue weighted by molar-refractivity contribution is 6.00. The van der Waals surface area contributed by atoms with Crippen molar-refractivity contribution in [3.8, 4) is 5.75 Å². The van der Waals surface area contributed by atoms with Gasteiger partial charge in [0.05, 0.1) is 18.3 Å². The van der Waals surface area contributed by atoms with E-state index in [0.717, 1.165) is 38.6 Å². The first-order chi connectivity index (χ1) is 17.9. The first kappa shape index (κ1) is 25.7. The molecule has 3 atom stereocenters. The van der Waals surface area contributed by atoms with Crippen molar-refractivity contribution in [2.24, 2.45) is 5.92 Å². The lowest BCUT2D eigenvalue weighted by molar-refractivity contribution is 0.0547. The molecule has 1 heterocycles. The van der Waals surface area contributed by atoms with E-state index in [4.69, 9.17) is 4.74 Å². The molecule has 7 nitrogen and oxygen atoms in total. The Morgan fingerprint density at radius 2 is 1.86 bits per heavy atom. The average Bonchev–Trinajstić information content (AvgIpc) is 3.34. The Labute approximate surface area is 219 Å². The third-order valence-corrected chi connectivity index (χ3v) is 8.41. The number of nitrogens with zero attached hydrogens (tertiary/aromatic N) is 1. The van der Waals surface area contributed by atoms with Gasteiger partial charge in [-0.25, -0.2) is 0 Å². The fraction of sp³-hybridized carbons (Fsp3) is 0.533. The van der Waals surface area contributed by atoms with Crippen LogP contribution >= 0.6 is 0 Å². The SMILES string of the molecule is CCOc1cc(C(=O)N2CCCC[C@]23C[C@H]3C)ccc1C(=O)NC[C@@H](O)CNC1Cc2ccccc2C1. The van der Waals surface area contributed by atoms with E-state index in [1.165, 1.54) is 17.5 Å². The largest absolute Gasteiger partial charge is 0.493 e. The van der Waals surface area contributed by atoms with Crippen LogP contribution in [0.3, 0.4) is 0 Å². The predicted molar refractivity (Wildman–Crippen MR) is 143 cm³/mol. The Bertz CT molecular complexity index is 1130. The molecule has 198 valence electrons. The summed E-state index contributed by atoms with van der Waals surface area (Å²) in [5.41, 5.74) is 3.66. The minimum atomic E-state index is -0.708. The fourth-order valence-electron chi connectivity index (χ4n) is 6.22. The van der Waals surface area contributed by atoms with Crippen molar-refractivity contribution in [3.05, 3.63) is 64.7 Å². The monoisotopic (exact) mass is 505 g/mol. The standard InChI is InChI=1S/C30H39N3O4/c1-3-37-27-16-23(29(36)33-13-7-6-12-30(33)17-20(30)2)10-11-26(27)28(35)32-19-25(34)18-31-24-14-21-8-4-5-9-22(21)15-24/h4-5,8-11,16,20,24-25,31,34H,3,6-7,12-15,17-19H2,1-2H3,(H,32,35)/t20-,25+,30-/m1/s1. The second-order valence-electron chi connectivity index (χ2n) is 10.9. The first-order valence-corrected chi connectivity index (χ1v) is 13.8. The summed E-state index contributed by atoms with van der Waals surface area (Å²) in [6.07, 6.45) is 5.55. The van der Waals surface area contributed by atoms with Crippen LogP contribution in [0.25, 0.3) is 0 Å². The number of amides is 2. The van der Waals surface area contributed by atoms with Gasteiger partial charge in [-0.05, 0) is 80.7 Å². The van der Waals surface area contributed by atoms with E-state index in [0.29, 0.717) is 42.0 Å².